The van der Waals surface area contributed by atoms with Crippen molar-refractivity contribution in [1.82, 2.24) is 5.32 Å². The average molecular weight is 187 g/mol. The van der Waals surface area contributed by atoms with E-state index in [0.29, 0.717) is 13.2 Å². The lowest BCUT2D eigenvalue weighted by atomic mass is 9.99. The van der Waals surface area contributed by atoms with E-state index >= 15 is 0 Å². The van der Waals surface area contributed by atoms with Crippen molar-refractivity contribution in [2.24, 2.45) is 0 Å². The molecule has 0 rings (SSSR count). The molecule has 2 N–H and O–H groups in total. The quantitative estimate of drug-likeness (QED) is 0.439. The van der Waals surface area contributed by atoms with E-state index in [-0.39, 0.29) is 12.1 Å². The molecule has 0 saturated heterocycles. The second kappa shape index (κ2) is 7.06. The van der Waals surface area contributed by atoms with Crippen molar-refractivity contribution < 1.29 is 9.84 Å². The minimum Gasteiger partial charge on any atom is -0.394 e. The zero-order valence-electron chi connectivity index (χ0n) is 8.68. The zero-order chi connectivity index (χ0) is 10.2. The topological polar surface area (TPSA) is 41.5 Å². The molecule has 13 heavy (non-hydrogen) atoms. The van der Waals surface area contributed by atoms with E-state index in [1.165, 1.54) is 0 Å². The molecule has 0 aromatic rings. The standard InChI is InChI=1S/C10H21NO2/c1-4-10(3,5-2)11-6-8-13-9-7-12/h4,11-12H,1,5-9H2,2-3H3. The third-order valence-corrected chi connectivity index (χ3v) is 2.20. The highest BCUT2D eigenvalue weighted by Crippen LogP contribution is 2.08. The van der Waals surface area contributed by atoms with Gasteiger partial charge in [0.25, 0.3) is 0 Å². The van der Waals surface area contributed by atoms with Gasteiger partial charge in [0.05, 0.1) is 19.8 Å². The van der Waals surface area contributed by atoms with Crippen LogP contribution in [0.5, 0.6) is 0 Å². The monoisotopic (exact) mass is 187 g/mol. The predicted molar refractivity (Wildman–Crippen MR) is 54.8 cm³/mol. The Labute approximate surface area is 80.8 Å². The van der Waals surface area contributed by atoms with Crippen LogP contribution in [-0.4, -0.2) is 37.0 Å². The van der Waals surface area contributed by atoms with E-state index in [4.69, 9.17) is 9.84 Å². The Morgan fingerprint density at radius 2 is 2.23 bits per heavy atom. The van der Waals surface area contributed by atoms with Gasteiger partial charge in [-0.25, -0.2) is 0 Å². The molecule has 3 nitrogen and oxygen atoms in total. The first kappa shape index (κ1) is 12.6. The predicted octanol–water partition coefficient (Wildman–Crippen LogP) is 0.940. The number of hydrogen-bond acceptors (Lipinski definition) is 3. The zero-order valence-corrected chi connectivity index (χ0v) is 8.68. The second-order valence-electron chi connectivity index (χ2n) is 3.24. The third-order valence-electron chi connectivity index (χ3n) is 2.20. The van der Waals surface area contributed by atoms with Crippen molar-refractivity contribution in [3.05, 3.63) is 12.7 Å². The summed E-state index contributed by atoms with van der Waals surface area (Å²) in [6.07, 6.45) is 2.93. The molecule has 3 heteroatoms. The molecule has 1 unspecified atom stereocenters. The molecular weight excluding hydrogens is 166 g/mol. The summed E-state index contributed by atoms with van der Waals surface area (Å²) in [7, 11) is 0. The molecule has 0 saturated carbocycles. The van der Waals surface area contributed by atoms with E-state index in [9.17, 15) is 0 Å². The molecule has 1 atom stereocenters. The summed E-state index contributed by atoms with van der Waals surface area (Å²) in [4.78, 5) is 0. The van der Waals surface area contributed by atoms with Crippen LogP contribution in [-0.2, 0) is 4.74 Å². The van der Waals surface area contributed by atoms with Crippen molar-refractivity contribution in [2.45, 2.75) is 25.8 Å². The summed E-state index contributed by atoms with van der Waals surface area (Å²) >= 11 is 0. The number of aliphatic hydroxyl groups is 1. The van der Waals surface area contributed by atoms with Gasteiger partial charge in [0.2, 0.25) is 0 Å². The van der Waals surface area contributed by atoms with E-state index in [1.807, 2.05) is 6.08 Å². The summed E-state index contributed by atoms with van der Waals surface area (Å²) < 4.78 is 5.12. The molecule has 0 fully saturated rings. The molecule has 0 heterocycles. The van der Waals surface area contributed by atoms with Crippen LogP contribution in [0.15, 0.2) is 12.7 Å². The molecule has 0 spiro atoms. The summed E-state index contributed by atoms with van der Waals surface area (Å²) in [6.45, 7) is 9.92. The maximum Gasteiger partial charge on any atom is 0.0698 e. The second-order valence-corrected chi connectivity index (χ2v) is 3.24. The number of aliphatic hydroxyl groups excluding tert-OH is 1. The van der Waals surface area contributed by atoms with Gasteiger partial charge in [-0.1, -0.05) is 13.0 Å². The van der Waals surface area contributed by atoms with Crippen LogP contribution in [0.4, 0.5) is 0 Å². The first-order chi connectivity index (χ1) is 6.18. The van der Waals surface area contributed by atoms with Crippen LogP contribution in [0.1, 0.15) is 20.3 Å². The van der Waals surface area contributed by atoms with Crippen molar-refractivity contribution in [3.8, 4) is 0 Å². The van der Waals surface area contributed by atoms with Crippen molar-refractivity contribution in [3.63, 3.8) is 0 Å². The molecule has 0 radical (unpaired) electrons. The Kier molecular flexibility index (Phi) is 6.86. The Morgan fingerprint density at radius 1 is 1.54 bits per heavy atom. The van der Waals surface area contributed by atoms with Crippen LogP contribution < -0.4 is 5.32 Å². The summed E-state index contributed by atoms with van der Waals surface area (Å²) in [5.41, 5.74) is 0.00255. The van der Waals surface area contributed by atoms with Gasteiger partial charge in [-0.3, -0.25) is 0 Å². The highest BCUT2D eigenvalue weighted by Gasteiger charge is 2.15. The molecule has 0 amide bonds. The fraction of sp³-hybridized carbons (Fsp3) is 0.800. The Morgan fingerprint density at radius 3 is 2.69 bits per heavy atom. The maximum atomic E-state index is 8.46. The highest BCUT2D eigenvalue weighted by molar-refractivity contribution is 4.97. The third kappa shape index (κ3) is 5.80. The summed E-state index contributed by atoms with van der Waals surface area (Å²) in [5.74, 6) is 0. The normalized spacial score (nSPS) is 15.3. The fourth-order valence-corrected chi connectivity index (χ4v) is 0.917. The largest absolute Gasteiger partial charge is 0.394 e. The van der Waals surface area contributed by atoms with Gasteiger partial charge in [-0.2, -0.15) is 0 Å². The first-order valence-corrected chi connectivity index (χ1v) is 4.75. The molecule has 78 valence electrons. The van der Waals surface area contributed by atoms with Crippen molar-refractivity contribution in [1.29, 1.82) is 0 Å². The van der Waals surface area contributed by atoms with Gasteiger partial charge in [0.15, 0.2) is 0 Å². The first-order valence-electron chi connectivity index (χ1n) is 4.75. The Bertz CT molecular complexity index is 139. The molecule has 0 bridgehead atoms. The van der Waals surface area contributed by atoms with Gasteiger partial charge in [0.1, 0.15) is 0 Å². The lowest BCUT2D eigenvalue weighted by Gasteiger charge is -2.25. The Hall–Kier alpha value is -0.380. The van der Waals surface area contributed by atoms with Gasteiger partial charge in [-0.05, 0) is 13.3 Å². The molecule has 0 aliphatic rings. The van der Waals surface area contributed by atoms with E-state index < -0.39 is 0 Å². The van der Waals surface area contributed by atoms with E-state index in [0.717, 1.165) is 13.0 Å². The number of nitrogens with one attached hydrogen (secondary N) is 1. The molecule has 0 aliphatic carbocycles. The number of ether oxygens (including phenoxy) is 1. The smallest absolute Gasteiger partial charge is 0.0698 e. The van der Waals surface area contributed by atoms with Crippen LogP contribution in [0, 0.1) is 0 Å². The van der Waals surface area contributed by atoms with Gasteiger partial charge >= 0.3 is 0 Å². The SMILES string of the molecule is C=CC(C)(CC)NCCOCCO. The summed E-state index contributed by atoms with van der Waals surface area (Å²) in [6, 6.07) is 0. The minimum atomic E-state index is 0.00255. The molecular formula is C10H21NO2. The van der Waals surface area contributed by atoms with Crippen LogP contribution >= 0.6 is 0 Å². The number of hydrogen-bond donors (Lipinski definition) is 2. The van der Waals surface area contributed by atoms with Crippen LogP contribution in [0.25, 0.3) is 0 Å². The molecule has 0 aliphatic heterocycles. The van der Waals surface area contributed by atoms with Gasteiger partial charge in [0, 0.05) is 12.1 Å². The average Bonchev–Trinajstić information content (AvgIpc) is 2.17. The van der Waals surface area contributed by atoms with Crippen LogP contribution in [0.2, 0.25) is 0 Å². The fourth-order valence-electron chi connectivity index (χ4n) is 0.917. The lowest BCUT2D eigenvalue weighted by molar-refractivity contribution is 0.0912. The van der Waals surface area contributed by atoms with Crippen LogP contribution in [0.3, 0.4) is 0 Å². The Balaban J connectivity index is 3.44. The van der Waals surface area contributed by atoms with E-state index in [2.05, 4.69) is 25.7 Å². The minimum absolute atomic E-state index is 0.00255. The van der Waals surface area contributed by atoms with Crippen molar-refractivity contribution >= 4 is 0 Å². The van der Waals surface area contributed by atoms with Gasteiger partial charge in [-0.15, -0.1) is 6.58 Å². The lowest BCUT2D eigenvalue weighted by Crippen LogP contribution is -2.41. The number of rotatable bonds is 8. The molecule has 0 aromatic heterocycles. The summed E-state index contributed by atoms with van der Waals surface area (Å²) in [5, 5.41) is 11.8. The maximum absolute atomic E-state index is 8.46. The molecule has 0 aromatic carbocycles. The highest BCUT2D eigenvalue weighted by atomic mass is 16.5. The van der Waals surface area contributed by atoms with Gasteiger partial charge < -0.3 is 15.2 Å². The van der Waals surface area contributed by atoms with E-state index in [1.54, 1.807) is 0 Å². The van der Waals surface area contributed by atoms with Crippen molar-refractivity contribution in [2.75, 3.05) is 26.4 Å².